The van der Waals surface area contributed by atoms with Gasteiger partial charge in [-0.1, -0.05) is 26.8 Å². The molecule has 1 rings (SSSR count). The minimum Gasteiger partial charge on any atom is -0.388 e. The highest BCUT2D eigenvalue weighted by molar-refractivity contribution is 7.10. The Hall–Kier alpha value is -0.380. The van der Waals surface area contributed by atoms with Crippen molar-refractivity contribution in [2.45, 2.75) is 58.7 Å². The molecule has 2 nitrogen and oxygen atoms in total. The average molecular weight is 255 g/mol. The second-order valence-electron chi connectivity index (χ2n) is 5.09. The fourth-order valence-corrected chi connectivity index (χ4v) is 2.87. The SMILES string of the molecule is CCC(NC(C)CC(O)c1cccs1)C(C)C. The van der Waals surface area contributed by atoms with Crippen molar-refractivity contribution in [3.63, 3.8) is 0 Å². The molecule has 1 aromatic heterocycles. The normalized spacial score (nSPS) is 17.1. The lowest BCUT2D eigenvalue weighted by Gasteiger charge is -2.26. The first-order chi connectivity index (χ1) is 8.04. The maximum Gasteiger partial charge on any atom is 0.0896 e. The molecule has 0 radical (unpaired) electrons. The minimum atomic E-state index is -0.331. The van der Waals surface area contributed by atoms with Gasteiger partial charge in [-0.2, -0.15) is 0 Å². The lowest BCUT2D eigenvalue weighted by atomic mass is 9.99. The van der Waals surface area contributed by atoms with Gasteiger partial charge in [0, 0.05) is 17.0 Å². The summed E-state index contributed by atoms with van der Waals surface area (Å²) in [6.45, 7) is 8.84. The largest absolute Gasteiger partial charge is 0.388 e. The van der Waals surface area contributed by atoms with Crippen LogP contribution in [0.3, 0.4) is 0 Å². The maximum absolute atomic E-state index is 10.1. The van der Waals surface area contributed by atoms with E-state index in [2.05, 4.69) is 33.0 Å². The van der Waals surface area contributed by atoms with Crippen LogP contribution in [0.1, 0.15) is 51.5 Å². The van der Waals surface area contributed by atoms with E-state index in [1.165, 1.54) is 0 Å². The van der Waals surface area contributed by atoms with Crippen LogP contribution in [0.2, 0.25) is 0 Å². The summed E-state index contributed by atoms with van der Waals surface area (Å²) in [6, 6.07) is 4.88. The van der Waals surface area contributed by atoms with Crippen LogP contribution in [0.4, 0.5) is 0 Å². The van der Waals surface area contributed by atoms with Crippen LogP contribution in [0.25, 0.3) is 0 Å². The molecule has 0 saturated heterocycles. The summed E-state index contributed by atoms with van der Waals surface area (Å²) in [6.07, 6.45) is 1.59. The predicted molar refractivity (Wildman–Crippen MR) is 75.4 cm³/mol. The highest BCUT2D eigenvalue weighted by Crippen LogP contribution is 2.23. The van der Waals surface area contributed by atoms with Gasteiger partial charge in [-0.25, -0.2) is 0 Å². The summed E-state index contributed by atoms with van der Waals surface area (Å²) in [5.74, 6) is 0.640. The molecular formula is C14H25NOS. The first-order valence-electron chi connectivity index (χ1n) is 6.52. The van der Waals surface area contributed by atoms with E-state index in [4.69, 9.17) is 0 Å². The van der Waals surface area contributed by atoms with Gasteiger partial charge in [-0.05, 0) is 37.1 Å². The van der Waals surface area contributed by atoms with Crippen LogP contribution >= 0.6 is 11.3 Å². The molecule has 0 aliphatic heterocycles. The van der Waals surface area contributed by atoms with Gasteiger partial charge in [0.05, 0.1) is 6.10 Å². The molecule has 0 aliphatic rings. The smallest absolute Gasteiger partial charge is 0.0896 e. The zero-order chi connectivity index (χ0) is 12.8. The molecule has 0 amide bonds. The molecule has 17 heavy (non-hydrogen) atoms. The van der Waals surface area contributed by atoms with Crippen molar-refractivity contribution in [1.29, 1.82) is 0 Å². The first kappa shape index (κ1) is 14.7. The summed E-state index contributed by atoms with van der Waals surface area (Å²) in [5.41, 5.74) is 0. The maximum atomic E-state index is 10.1. The molecule has 1 aromatic rings. The quantitative estimate of drug-likeness (QED) is 0.780. The van der Waals surface area contributed by atoms with Crippen molar-refractivity contribution >= 4 is 11.3 Å². The third-order valence-corrected chi connectivity index (χ3v) is 4.17. The number of thiophene rings is 1. The summed E-state index contributed by atoms with van der Waals surface area (Å²) in [4.78, 5) is 1.07. The summed E-state index contributed by atoms with van der Waals surface area (Å²) in [5, 5.41) is 15.7. The van der Waals surface area contributed by atoms with Gasteiger partial charge in [0.1, 0.15) is 0 Å². The van der Waals surface area contributed by atoms with Crippen LogP contribution in [0, 0.1) is 5.92 Å². The van der Waals surface area contributed by atoms with E-state index >= 15 is 0 Å². The Kier molecular flexibility index (Phi) is 6.17. The number of aliphatic hydroxyl groups excluding tert-OH is 1. The van der Waals surface area contributed by atoms with Gasteiger partial charge < -0.3 is 10.4 Å². The fourth-order valence-electron chi connectivity index (χ4n) is 2.15. The van der Waals surface area contributed by atoms with E-state index in [1.807, 2.05) is 17.5 Å². The monoisotopic (exact) mass is 255 g/mol. The van der Waals surface area contributed by atoms with Gasteiger partial charge >= 0.3 is 0 Å². The zero-order valence-electron chi connectivity index (χ0n) is 11.3. The van der Waals surface area contributed by atoms with E-state index in [0.717, 1.165) is 17.7 Å². The van der Waals surface area contributed by atoms with Crippen LogP contribution in [-0.2, 0) is 0 Å². The van der Waals surface area contributed by atoms with Gasteiger partial charge in [0.2, 0.25) is 0 Å². The van der Waals surface area contributed by atoms with E-state index < -0.39 is 0 Å². The van der Waals surface area contributed by atoms with Gasteiger partial charge in [0.25, 0.3) is 0 Å². The molecule has 0 spiro atoms. The summed E-state index contributed by atoms with van der Waals surface area (Å²) < 4.78 is 0. The lowest BCUT2D eigenvalue weighted by Crippen LogP contribution is -2.40. The van der Waals surface area contributed by atoms with Gasteiger partial charge in [-0.3, -0.25) is 0 Å². The van der Waals surface area contributed by atoms with Crippen molar-refractivity contribution in [1.82, 2.24) is 5.32 Å². The van der Waals surface area contributed by atoms with Crippen LogP contribution < -0.4 is 5.32 Å². The Morgan fingerprint density at radius 3 is 2.53 bits per heavy atom. The van der Waals surface area contributed by atoms with Gasteiger partial charge in [0.15, 0.2) is 0 Å². The van der Waals surface area contributed by atoms with Crippen molar-refractivity contribution in [2.24, 2.45) is 5.92 Å². The Morgan fingerprint density at radius 2 is 2.06 bits per heavy atom. The second kappa shape index (κ2) is 7.14. The molecule has 0 saturated carbocycles. The number of nitrogens with one attached hydrogen (secondary N) is 1. The van der Waals surface area contributed by atoms with E-state index in [1.54, 1.807) is 11.3 Å². The molecule has 98 valence electrons. The Labute approximate surface area is 109 Å². The third kappa shape index (κ3) is 4.78. The Balaban J connectivity index is 2.41. The molecule has 3 heteroatoms. The molecule has 0 aliphatic carbocycles. The lowest BCUT2D eigenvalue weighted by molar-refractivity contribution is 0.152. The molecular weight excluding hydrogens is 230 g/mol. The number of rotatable bonds is 7. The number of hydrogen-bond donors (Lipinski definition) is 2. The van der Waals surface area contributed by atoms with E-state index in [-0.39, 0.29) is 6.10 Å². The standard InChI is InChI=1S/C14H25NOS/c1-5-12(10(2)3)15-11(4)9-13(16)14-7-6-8-17-14/h6-8,10-13,15-16H,5,9H2,1-4H3. The summed E-state index contributed by atoms with van der Waals surface area (Å²) >= 11 is 1.63. The number of hydrogen-bond acceptors (Lipinski definition) is 3. The molecule has 0 fully saturated rings. The first-order valence-corrected chi connectivity index (χ1v) is 7.40. The fraction of sp³-hybridized carbons (Fsp3) is 0.714. The predicted octanol–water partition coefficient (Wildman–Crippen LogP) is 3.58. The zero-order valence-corrected chi connectivity index (χ0v) is 12.1. The highest BCUT2D eigenvalue weighted by atomic mass is 32.1. The summed E-state index contributed by atoms with van der Waals surface area (Å²) in [7, 11) is 0. The van der Waals surface area contributed by atoms with Crippen LogP contribution in [0.15, 0.2) is 17.5 Å². The topological polar surface area (TPSA) is 32.3 Å². The molecule has 3 atom stereocenters. The van der Waals surface area contributed by atoms with Crippen molar-refractivity contribution in [3.8, 4) is 0 Å². The van der Waals surface area contributed by atoms with Crippen molar-refractivity contribution < 1.29 is 5.11 Å². The van der Waals surface area contributed by atoms with E-state index in [0.29, 0.717) is 18.0 Å². The molecule has 2 N–H and O–H groups in total. The van der Waals surface area contributed by atoms with Gasteiger partial charge in [-0.15, -0.1) is 11.3 Å². The average Bonchev–Trinajstić information content (AvgIpc) is 2.78. The Morgan fingerprint density at radius 1 is 1.35 bits per heavy atom. The molecule has 0 bridgehead atoms. The third-order valence-electron chi connectivity index (χ3n) is 3.19. The molecule has 0 aromatic carbocycles. The minimum absolute atomic E-state index is 0.331. The van der Waals surface area contributed by atoms with Crippen LogP contribution in [-0.4, -0.2) is 17.2 Å². The van der Waals surface area contributed by atoms with Crippen LogP contribution in [0.5, 0.6) is 0 Å². The second-order valence-corrected chi connectivity index (χ2v) is 6.07. The molecule has 1 heterocycles. The highest BCUT2D eigenvalue weighted by Gasteiger charge is 2.17. The Bertz CT molecular complexity index is 297. The molecule has 3 unspecified atom stereocenters. The van der Waals surface area contributed by atoms with Crippen molar-refractivity contribution in [2.75, 3.05) is 0 Å². The van der Waals surface area contributed by atoms with Crippen molar-refractivity contribution in [3.05, 3.63) is 22.4 Å². The van der Waals surface area contributed by atoms with E-state index in [9.17, 15) is 5.11 Å². The number of aliphatic hydroxyl groups is 1.